The molecule has 3 heterocycles. The zero-order chi connectivity index (χ0) is 22.2. The second-order valence-electron chi connectivity index (χ2n) is 8.78. The maximum absolute atomic E-state index is 12.9. The molecule has 1 atom stereocenters. The molecule has 3 aliphatic rings. The maximum Gasteiger partial charge on any atom is 0.267 e. The molecule has 0 N–H and O–H groups in total. The average molecular weight is 436 g/mol. The van der Waals surface area contributed by atoms with E-state index >= 15 is 0 Å². The number of carbonyl (C=O) groups is 2. The first-order valence-corrected chi connectivity index (χ1v) is 11.3. The molecule has 2 aliphatic heterocycles. The van der Waals surface area contributed by atoms with Gasteiger partial charge in [0, 0.05) is 49.7 Å². The van der Waals surface area contributed by atoms with Gasteiger partial charge in [0.2, 0.25) is 12.0 Å². The number of rotatable bonds is 4. The van der Waals surface area contributed by atoms with Crippen molar-refractivity contribution in [3.63, 3.8) is 0 Å². The van der Waals surface area contributed by atoms with Gasteiger partial charge in [-0.05, 0) is 56.5 Å². The monoisotopic (exact) mass is 435 g/mol. The van der Waals surface area contributed by atoms with Gasteiger partial charge in [-0.25, -0.2) is 0 Å². The van der Waals surface area contributed by atoms with Gasteiger partial charge in [0.05, 0.1) is 0 Å². The van der Waals surface area contributed by atoms with Crippen molar-refractivity contribution in [2.75, 3.05) is 32.8 Å². The lowest BCUT2D eigenvalue weighted by Crippen LogP contribution is -2.54. The molecule has 5 rings (SSSR count). The van der Waals surface area contributed by atoms with Crippen molar-refractivity contribution in [1.29, 1.82) is 0 Å². The summed E-state index contributed by atoms with van der Waals surface area (Å²) in [4.78, 5) is 29.2. The zero-order valence-corrected chi connectivity index (χ0v) is 18.6. The molecule has 1 saturated carbocycles. The van der Waals surface area contributed by atoms with Crippen LogP contribution >= 0.6 is 0 Å². The minimum atomic E-state index is -0.645. The molecule has 2 fully saturated rings. The lowest BCUT2D eigenvalue weighted by molar-refractivity contribution is -0.145. The third-order valence-corrected chi connectivity index (χ3v) is 6.53. The van der Waals surface area contributed by atoms with Crippen LogP contribution in [0.5, 0.6) is 11.5 Å². The Morgan fingerprint density at radius 1 is 1.00 bits per heavy atom. The molecule has 1 saturated heterocycles. The van der Waals surface area contributed by atoms with E-state index < -0.39 is 6.10 Å². The molecule has 0 bridgehead atoms. The fourth-order valence-electron chi connectivity index (χ4n) is 4.62. The first kappa shape index (κ1) is 20.7. The van der Waals surface area contributed by atoms with Crippen LogP contribution in [0.25, 0.3) is 6.08 Å². The quantitative estimate of drug-likeness (QED) is 0.693. The highest BCUT2D eigenvalue weighted by Crippen LogP contribution is 2.38. The van der Waals surface area contributed by atoms with Gasteiger partial charge in [0.25, 0.3) is 5.91 Å². The first-order chi connectivity index (χ1) is 15.5. The highest BCUT2D eigenvalue weighted by molar-refractivity contribution is 5.92. The topological polar surface area (TPSA) is 64.0 Å². The summed E-state index contributed by atoms with van der Waals surface area (Å²) in [6.07, 6.45) is 5.42. The molecule has 1 aliphatic carbocycles. The molecular weight excluding hydrogens is 406 g/mol. The van der Waals surface area contributed by atoms with E-state index in [1.807, 2.05) is 24.3 Å². The molecule has 32 heavy (non-hydrogen) atoms. The highest BCUT2D eigenvalue weighted by Gasteiger charge is 2.33. The number of benzene rings is 1. The van der Waals surface area contributed by atoms with Crippen molar-refractivity contribution in [3.8, 4) is 11.5 Å². The highest BCUT2D eigenvalue weighted by atomic mass is 16.6. The van der Waals surface area contributed by atoms with Crippen LogP contribution in [0.2, 0.25) is 0 Å². The van der Waals surface area contributed by atoms with E-state index in [-0.39, 0.29) is 18.4 Å². The van der Waals surface area contributed by atoms with E-state index in [0.717, 1.165) is 5.56 Å². The third kappa shape index (κ3) is 3.99. The Kier molecular flexibility index (Phi) is 5.41. The van der Waals surface area contributed by atoms with Crippen molar-refractivity contribution >= 4 is 17.9 Å². The summed E-state index contributed by atoms with van der Waals surface area (Å²) < 4.78 is 13.9. The van der Waals surface area contributed by atoms with Crippen molar-refractivity contribution in [2.24, 2.45) is 0 Å². The summed E-state index contributed by atoms with van der Waals surface area (Å²) in [5.41, 5.74) is 3.58. The van der Waals surface area contributed by atoms with Gasteiger partial charge >= 0.3 is 0 Å². The fourth-order valence-corrected chi connectivity index (χ4v) is 4.62. The van der Waals surface area contributed by atoms with E-state index in [9.17, 15) is 9.59 Å². The molecule has 168 valence electrons. The van der Waals surface area contributed by atoms with Gasteiger partial charge in [0.15, 0.2) is 11.5 Å². The minimum Gasteiger partial charge on any atom is -0.485 e. The van der Waals surface area contributed by atoms with E-state index in [1.165, 1.54) is 24.2 Å². The van der Waals surface area contributed by atoms with Crippen molar-refractivity contribution in [3.05, 3.63) is 53.4 Å². The molecule has 1 unspecified atom stereocenters. The first-order valence-electron chi connectivity index (χ1n) is 11.3. The number of piperazine rings is 1. The largest absolute Gasteiger partial charge is 0.485 e. The lowest BCUT2D eigenvalue weighted by Gasteiger charge is -2.36. The summed E-state index contributed by atoms with van der Waals surface area (Å²) in [5, 5.41) is 0. The molecule has 1 aromatic heterocycles. The summed E-state index contributed by atoms with van der Waals surface area (Å²) in [6, 6.07) is 10.2. The van der Waals surface area contributed by atoms with Crippen LogP contribution in [-0.4, -0.2) is 65.1 Å². The Balaban J connectivity index is 1.15. The summed E-state index contributed by atoms with van der Waals surface area (Å²) in [5.74, 6) is 1.16. The number of carbonyl (C=O) groups excluding carboxylic acids is 2. The minimum absolute atomic E-state index is 0.0144. The number of fused-ring (bicyclic) bond motifs is 1. The normalized spacial score (nSPS) is 20.6. The van der Waals surface area contributed by atoms with Crippen LogP contribution in [0.4, 0.5) is 0 Å². The number of nitrogens with zero attached hydrogens (tertiary/aromatic N) is 3. The fraction of sp³-hybridized carbons (Fsp3) is 0.440. The van der Waals surface area contributed by atoms with E-state index in [2.05, 4.69) is 24.5 Å². The van der Waals surface area contributed by atoms with Crippen LogP contribution in [-0.2, 0) is 9.59 Å². The standard InChI is InChI=1S/C25H29N3O4/c1-17-15-19(18(2)28(17)20-8-9-20)7-10-24(29)26-11-13-27(14-12-26)25(30)23-16-31-21-5-3-4-6-22(21)32-23/h3-7,10,15,20,23H,8-9,11-14,16H2,1-2H3. The maximum atomic E-state index is 12.9. The molecule has 7 nitrogen and oxygen atoms in total. The van der Waals surface area contributed by atoms with E-state index in [0.29, 0.717) is 43.7 Å². The second kappa shape index (κ2) is 8.37. The van der Waals surface area contributed by atoms with Gasteiger partial charge in [-0.1, -0.05) is 12.1 Å². The molecule has 0 radical (unpaired) electrons. The Morgan fingerprint density at radius 2 is 1.69 bits per heavy atom. The number of hydrogen-bond donors (Lipinski definition) is 0. The predicted molar refractivity (Wildman–Crippen MR) is 121 cm³/mol. The molecule has 1 aromatic carbocycles. The van der Waals surface area contributed by atoms with Gasteiger partial charge in [-0.3, -0.25) is 9.59 Å². The van der Waals surface area contributed by atoms with E-state index in [4.69, 9.17) is 9.47 Å². The number of ether oxygens (including phenoxy) is 2. The summed E-state index contributed by atoms with van der Waals surface area (Å²) in [7, 11) is 0. The Labute approximate surface area is 188 Å². The lowest BCUT2D eigenvalue weighted by atomic mass is 10.2. The Bertz CT molecular complexity index is 1060. The Morgan fingerprint density at radius 3 is 2.41 bits per heavy atom. The SMILES string of the molecule is Cc1cc(C=CC(=O)N2CCN(C(=O)C3COc4ccccc4O3)CC2)c(C)n1C1CC1. The van der Waals surface area contributed by atoms with Gasteiger partial charge in [-0.15, -0.1) is 0 Å². The second-order valence-corrected chi connectivity index (χ2v) is 8.78. The molecule has 0 spiro atoms. The molecular formula is C25H29N3O4. The predicted octanol–water partition coefficient (Wildman–Crippen LogP) is 2.96. The smallest absolute Gasteiger partial charge is 0.267 e. The van der Waals surface area contributed by atoms with Crippen molar-refractivity contribution in [2.45, 2.75) is 38.8 Å². The van der Waals surface area contributed by atoms with E-state index in [1.54, 1.807) is 21.9 Å². The molecule has 2 amide bonds. The summed E-state index contributed by atoms with van der Waals surface area (Å²) in [6.45, 7) is 6.47. The zero-order valence-electron chi connectivity index (χ0n) is 18.6. The number of aromatic nitrogens is 1. The van der Waals surface area contributed by atoms with Crippen LogP contribution in [0.15, 0.2) is 36.4 Å². The van der Waals surface area contributed by atoms with Crippen LogP contribution < -0.4 is 9.47 Å². The average Bonchev–Trinajstić information content (AvgIpc) is 3.61. The van der Waals surface area contributed by atoms with Crippen molar-refractivity contribution < 1.29 is 19.1 Å². The Hall–Kier alpha value is -3.22. The summed E-state index contributed by atoms with van der Waals surface area (Å²) >= 11 is 0. The molecule has 7 heteroatoms. The number of aryl methyl sites for hydroxylation is 1. The number of para-hydroxylation sites is 2. The van der Waals surface area contributed by atoms with Crippen molar-refractivity contribution in [1.82, 2.24) is 14.4 Å². The van der Waals surface area contributed by atoms with Crippen LogP contribution in [0, 0.1) is 13.8 Å². The van der Waals surface area contributed by atoms with Gasteiger partial charge < -0.3 is 23.8 Å². The van der Waals surface area contributed by atoms with Gasteiger partial charge in [-0.2, -0.15) is 0 Å². The number of amides is 2. The van der Waals surface area contributed by atoms with Gasteiger partial charge in [0.1, 0.15) is 6.61 Å². The van der Waals surface area contributed by atoms with Crippen LogP contribution in [0.1, 0.15) is 35.8 Å². The third-order valence-electron chi connectivity index (χ3n) is 6.53. The molecule has 2 aromatic rings. The van der Waals surface area contributed by atoms with Crippen LogP contribution in [0.3, 0.4) is 0 Å². The number of hydrogen-bond acceptors (Lipinski definition) is 4.